The molecule has 1 heterocycles. The van der Waals surface area contributed by atoms with Gasteiger partial charge in [0.1, 0.15) is 0 Å². The maximum absolute atomic E-state index is 3.47. The van der Waals surface area contributed by atoms with Crippen molar-refractivity contribution < 1.29 is 0 Å². The largest absolute Gasteiger partial charge is 0.370 e. The molecule has 19 heavy (non-hydrogen) atoms. The summed E-state index contributed by atoms with van der Waals surface area (Å²) in [6.07, 6.45) is 0.421. The van der Waals surface area contributed by atoms with Crippen LogP contribution >= 0.6 is 0 Å². The van der Waals surface area contributed by atoms with Gasteiger partial charge in [0.25, 0.3) is 0 Å². The Morgan fingerprint density at radius 2 is 1.37 bits per heavy atom. The van der Waals surface area contributed by atoms with Crippen LogP contribution in [0.3, 0.4) is 0 Å². The molecule has 112 valence electrons. The van der Waals surface area contributed by atoms with Gasteiger partial charge in [-0.1, -0.05) is 59.7 Å². The van der Waals surface area contributed by atoms with Gasteiger partial charge >= 0.3 is 0 Å². The van der Waals surface area contributed by atoms with Crippen LogP contribution in [0.4, 0.5) is 5.69 Å². The zero-order valence-electron chi connectivity index (χ0n) is 14.4. The first-order chi connectivity index (χ1) is 9.20. The Bertz CT molecular complexity index is 310. The predicted molar refractivity (Wildman–Crippen MR) is 89.7 cm³/mol. The van der Waals surface area contributed by atoms with Crippen LogP contribution in [-0.4, -0.2) is 18.1 Å². The summed E-state index contributed by atoms with van der Waals surface area (Å²) in [6.45, 7) is 16.4. The second-order valence-corrected chi connectivity index (χ2v) is 3.75. The first-order valence-corrected chi connectivity index (χ1v) is 7.77. The smallest absolute Gasteiger partial charge is 0.0766 e. The Balaban J connectivity index is 0. The summed E-state index contributed by atoms with van der Waals surface area (Å²) < 4.78 is 0. The quantitative estimate of drug-likeness (QED) is 0.664. The van der Waals surface area contributed by atoms with Gasteiger partial charge in [-0.2, -0.15) is 0 Å². The number of fused-ring (bicyclic) bond motifs is 1. The van der Waals surface area contributed by atoms with Crippen LogP contribution in [0.15, 0.2) is 24.3 Å². The molecule has 1 aromatic rings. The molecule has 0 saturated carbocycles. The molecule has 1 aliphatic rings. The third kappa shape index (κ3) is 5.65. The van der Waals surface area contributed by atoms with Crippen molar-refractivity contribution in [2.75, 3.05) is 12.4 Å². The zero-order chi connectivity index (χ0) is 15.4. The molecule has 1 N–H and O–H groups in total. The minimum absolute atomic E-state index is 0.421. The Morgan fingerprint density at radius 1 is 0.895 bits per heavy atom. The number of rotatable bonds is 0. The van der Waals surface area contributed by atoms with E-state index in [0.29, 0.717) is 12.2 Å². The summed E-state index contributed by atoms with van der Waals surface area (Å²) in [5.74, 6) is 0. The van der Waals surface area contributed by atoms with Gasteiger partial charge in [-0.15, -0.1) is 0 Å². The van der Waals surface area contributed by atoms with Crippen LogP contribution in [0.5, 0.6) is 0 Å². The predicted octanol–water partition coefficient (Wildman–Crippen LogP) is 5.53. The molecular formula is C17H34N2. The third-order valence-corrected chi connectivity index (χ3v) is 3.00. The van der Waals surface area contributed by atoms with Gasteiger partial charge in [-0.3, -0.25) is 4.90 Å². The fourth-order valence-electron chi connectivity index (χ4n) is 1.87. The van der Waals surface area contributed by atoms with E-state index in [-0.39, 0.29) is 0 Å². The molecule has 0 radical (unpaired) electrons. The number of hydrogen-bond acceptors (Lipinski definition) is 2. The maximum atomic E-state index is 3.47. The highest BCUT2D eigenvalue weighted by atomic mass is 15.3. The van der Waals surface area contributed by atoms with Gasteiger partial charge in [0, 0.05) is 11.7 Å². The van der Waals surface area contributed by atoms with Crippen LogP contribution in [0, 0.1) is 0 Å². The van der Waals surface area contributed by atoms with Gasteiger partial charge in [-0.05, 0) is 32.5 Å². The lowest BCUT2D eigenvalue weighted by molar-refractivity contribution is 0.206. The van der Waals surface area contributed by atoms with Crippen LogP contribution in [-0.2, 0) is 0 Å². The Hall–Kier alpha value is -1.02. The summed E-state index contributed by atoms with van der Waals surface area (Å²) in [4.78, 5) is 2.34. The number of nitrogens with zero attached hydrogens (tertiary/aromatic N) is 1. The third-order valence-electron chi connectivity index (χ3n) is 3.00. The zero-order valence-corrected chi connectivity index (χ0v) is 14.4. The molecule has 2 nitrogen and oxygen atoms in total. The van der Waals surface area contributed by atoms with Gasteiger partial charge in [0.15, 0.2) is 0 Å². The summed E-state index contributed by atoms with van der Waals surface area (Å²) >= 11 is 0. The molecule has 0 amide bonds. The topological polar surface area (TPSA) is 15.3 Å². The van der Waals surface area contributed by atoms with Crippen LogP contribution in [0.1, 0.15) is 67.0 Å². The van der Waals surface area contributed by atoms with E-state index in [0.717, 1.165) is 0 Å². The summed E-state index contributed by atoms with van der Waals surface area (Å²) in [6, 6.07) is 9.02. The maximum Gasteiger partial charge on any atom is 0.0766 e. The molecule has 1 aliphatic heterocycles. The molecule has 0 bridgehead atoms. The van der Waals surface area contributed by atoms with Crippen molar-refractivity contribution in [3.63, 3.8) is 0 Å². The second kappa shape index (κ2) is 12.0. The molecule has 2 heteroatoms. The summed E-state index contributed by atoms with van der Waals surface area (Å²) in [5.41, 5.74) is 2.67. The number of para-hydroxylation sites is 1. The molecule has 0 aromatic heterocycles. The summed E-state index contributed by atoms with van der Waals surface area (Å²) in [7, 11) is 2.15. The van der Waals surface area contributed by atoms with E-state index in [4.69, 9.17) is 0 Å². The SMILES string of the molecule is CC.CC.CC.CC1Nc2ccccc2C(C)N1C. The van der Waals surface area contributed by atoms with E-state index < -0.39 is 0 Å². The molecule has 2 rings (SSSR count). The van der Waals surface area contributed by atoms with E-state index in [1.165, 1.54) is 11.3 Å². The van der Waals surface area contributed by atoms with Crippen LogP contribution in [0.25, 0.3) is 0 Å². The van der Waals surface area contributed by atoms with Gasteiger partial charge in [0.2, 0.25) is 0 Å². The molecule has 0 spiro atoms. The highest BCUT2D eigenvalue weighted by Gasteiger charge is 2.24. The molecule has 2 atom stereocenters. The lowest BCUT2D eigenvalue weighted by Crippen LogP contribution is -2.41. The number of anilines is 1. The number of benzene rings is 1. The van der Waals surface area contributed by atoms with Crippen LogP contribution in [0.2, 0.25) is 0 Å². The van der Waals surface area contributed by atoms with E-state index in [9.17, 15) is 0 Å². The minimum atomic E-state index is 0.421. The van der Waals surface area contributed by atoms with Gasteiger partial charge < -0.3 is 5.32 Å². The molecule has 0 fully saturated rings. The van der Waals surface area contributed by atoms with Crippen molar-refractivity contribution in [2.45, 2.75) is 67.6 Å². The van der Waals surface area contributed by atoms with E-state index in [1.807, 2.05) is 41.5 Å². The first-order valence-electron chi connectivity index (χ1n) is 7.77. The lowest BCUT2D eigenvalue weighted by atomic mass is 10.0. The average molecular weight is 266 g/mol. The van der Waals surface area contributed by atoms with Gasteiger partial charge in [0.05, 0.1) is 6.17 Å². The van der Waals surface area contributed by atoms with E-state index >= 15 is 0 Å². The number of nitrogens with one attached hydrogen (secondary N) is 1. The van der Waals surface area contributed by atoms with Crippen LogP contribution < -0.4 is 5.32 Å². The van der Waals surface area contributed by atoms with Crippen molar-refractivity contribution in [1.82, 2.24) is 4.90 Å². The fourth-order valence-corrected chi connectivity index (χ4v) is 1.87. The van der Waals surface area contributed by atoms with Crippen molar-refractivity contribution >= 4 is 5.69 Å². The van der Waals surface area contributed by atoms with Crippen molar-refractivity contribution in [3.8, 4) is 0 Å². The van der Waals surface area contributed by atoms with E-state index in [2.05, 4.69) is 55.4 Å². The highest BCUT2D eigenvalue weighted by molar-refractivity contribution is 5.54. The highest BCUT2D eigenvalue weighted by Crippen LogP contribution is 2.32. The van der Waals surface area contributed by atoms with Crippen molar-refractivity contribution in [1.29, 1.82) is 0 Å². The summed E-state index contributed by atoms with van der Waals surface area (Å²) in [5, 5.41) is 3.47. The Morgan fingerprint density at radius 3 is 1.89 bits per heavy atom. The lowest BCUT2D eigenvalue weighted by Gasteiger charge is -2.38. The Labute approximate surface area is 121 Å². The second-order valence-electron chi connectivity index (χ2n) is 3.75. The Kier molecular flexibility index (Phi) is 12.9. The molecule has 2 unspecified atom stereocenters. The van der Waals surface area contributed by atoms with Gasteiger partial charge in [-0.25, -0.2) is 0 Å². The van der Waals surface area contributed by atoms with Crippen molar-refractivity contribution in [2.24, 2.45) is 0 Å². The molecule has 0 saturated heterocycles. The standard InChI is InChI=1S/C11H16N2.3C2H6/c1-8-10-6-4-5-7-11(10)12-9(2)13(8)3;3*1-2/h4-9,12H,1-3H3;3*1-2H3. The molecular weight excluding hydrogens is 232 g/mol. The number of hydrogen-bond donors (Lipinski definition) is 1. The molecule has 0 aliphatic carbocycles. The monoisotopic (exact) mass is 266 g/mol. The van der Waals surface area contributed by atoms with Crippen molar-refractivity contribution in [3.05, 3.63) is 29.8 Å². The first kappa shape index (κ1) is 20.3. The minimum Gasteiger partial charge on any atom is -0.370 e. The fraction of sp³-hybridized carbons (Fsp3) is 0.647. The van der Waals surface area contributed by atoms with E-state index in [1.54, 1.807) is 0 Å². The average Bonchev–Trinajstić information content (AvgIpc) is 2.51. The molecule has 1 aromatic carbocycles. The normalized spacial score (nSPS) is 20.1.